The van der Waals surface area contributed by atoms with Crippen LogP contribution in [0.2, 0.25) is 0 Å². The number of ether oxygens (including phenoxy) is 2. The summed E-state index contributed by atoms with van der Waals surface area (Å²) < 4.78 is 10.6. The van der Waals surface area contributed by atoms with Gasteiger partial charge in [0.2, 0.25) is 0 Å². The number of nitrogen functional groups attached to an aromatic ring is 1. The minimum atomic E-state index is 0.312. The number of rotatable bonds is 6. The van der Waals surface area contributed by atoms with Crippen molar-refractivity contribution in [3.63, 3.8) is 0 Å². The molecule has 0 atom stereocenters. The van der Waals surface area contributed by atoms with Crippen LogP contribution < -0.4 is 15.8 Å². The summed E-state index contributed by atoms with van der Waals surface area (Å²) in [5, 5.41) is 3.19. The van der Waals surface area contributed by atoms with Crippen LogP contribution in [-0.2, 0) is 11.3 Å². The number of aromatic nitrogens is 2. The molecule has 2 aromatic rings. The first-order valence-corrected chi connectivity index (χ1v) is 6.34. The Hall–Kier alpha value is -2.34. The zero-order valence-electron chi connectivity index (χ0n) is 11.6. The van der Waals surface area contributed by atoms with Crippen LogP contribution in [0.4, 0.5) is 17.3 Å². The fourth-order valence-corrected chi connectivity index (χ4v) is 1.76. The highest BCUT2D eigenvalue weighted by atomic mass is 16.5. The van der Waals surface area contributed by atoms with Crippen molar-refractivity contribution >= 4 is 17.3 Å². The average molecular weight is 274 g/mol. The molecule has 6 heteroatoms. The number of nitrogens with one attached hydrogen (secondary N) is 1. The molecule has 0 saturated carbocycles. The van der Waals surface area contributed by atoms with Crippen molar-refractivity contribution in [2.75, 3.05) is 24.8 Å². The Morgan fingerprint density at radius 2 is 2.05 bits per heavy atom. The lowest BCUT2D eigenvalue weighted by Gasteiger charge is -2.12. The molecule has 0 amide bonds. The van der Waals surface area contributed by atoms with Gasteiger partial charge in [-0.15, -0.1) is 0 Å². The normalized spacial score (nSPS) is 10.3. The lowest BCUT2D eigenvalue weighted by Crippen LogP contribution is -2.05. The maximum absolute atomic E-state index is 5.76. The first-order valence-electron chi connectivity index (χ1n) is 6.34. The first-order chi connectivity index (χ1) is 9.72. The number of anilines is 3. The minimum Gasteiger partial charge on any atom is -0.492 e. The second-order valence-corrected chi connectivity index (χ2v) is 4.08. The van der Waals surface area contributed by atoms with Crippen LogP contribution >= 0.6 is 0 Å². The molecule has 0 radical (unpaired) electrons. The number of hydrogen-bond donors (Lipinski definition) is 2. The predicted molar refractivity (Wildman–Crippen MR) is 78.1 cm³/mol. The van der Waals surface area contributed by atoms with E-state index in [0.29, 0.717) is 30.7 Å². The molecule has 0 aliphatic heterocycles. The molecule has 0 aliphatic rings. The molecule has 0 spiro atoms. The van der Waals surface area contributed by atoms with E-state index in [-0.39, 0.29) is 0 Å². The van der Waals surface area contributed by atoms with Gasteiger partial charge in [-0.25, -0.2) is 9.97 Å². The van der Waals surface area contributed by atoms with Crippen LogP contribution in [0.1, 0.15) is 12.7 Å². The van der Waals surface area contributed by atoms with Crippen molar-refractivity contribution in [2.45, 2.75) is 13.5 Å². The van der Waals surface area contributed by atoms with Crippen molar-refractivity contribution in [1.29, 1.82) is 0 Å². The first kappa shape index (κ1) is 14.1. The topological polar surface area (TPSA) is 82.3 Å². The summed E-state index contributed by atoms with van der Waals surface area (Å²) in [6.45, 7) is 2.85. The van der Waals surface area contributed by atoms with E-state index in [1.165, 1.54) is 0 Å². The largest absolute Gasteiger partial charge is 0.492 e. The second-order valence-electron chi connectivity index (χ2n) is 4.08. The maximum atomic E-state index is 5.76. The molecular weight excluding hydrogens is 256 g/mol. The van der Waals surface area contributed by atoms with Crippen LogP contribution in [0.5, 0.6) is 5.75 Å². The molecule has 3 N–H and O–H groups in total. The highest BCUT2D eigenvalue weighted by molar-refractivity contribution is 5.65. The molecule has 20 heavy (non-hydrogen) atoms. The zero-order chi connectivity index (χ0) is 14.4. The molecule has 2 rings (SSSR count). The van der Waals surface area contributed by atoms with E-state index < -0.39 is 0 Å². The molecule has 0 saturated heterocycles. The molecule has 6 nitrogen and oxygen atoms in total. The summed E-state index contributed by atoms with van der Waals surface area (Å²) >= 11 is 0. The van der Waals surface area contributed by atoms with E-state index in [9.17, 15) is 0 Å². The lowest BCUT2D eigenvalue weighted by atomic mass is 10.3. The summed E-state index contributed by atoms with van der Waals surface area (Å²) in [6, 6.07) is 9.32. The van der Waals surface area contributed by atoms with E-state index in [0.717, 1.165) is 11.4 Å². The SMILES string of the molecule is CCOc1ccccc1Nc1cc(N)nc(COC)n1. The van der Waals surface area contributed by atoms with Crippen LogP contribution in [-0.4, -0.2) is 23.7 Å². The number of nitrogens with two attached hydrogens (primary N) is 1. The van der Waals surface area contributed by atoms with Crippen molar-refractivity contribution in [3.8, 4) is 5.75 Å². The fourth-order valence-electron chi connectivity index (χ4n) is 1.76. The van der Waals surface area contributed by atoms with Gasteiger partial charge in [0.1, 0.15) is 24.0 Å². The van der Waals surface area contributed by atoms with Gasteiger partial charge in [-0.1, -0.05) is 12.1 Å². The standard InChI is InChI=1S/C14H18N4O2/c1-3-20-11-7-5-4-6-10(11)16-13-8-12(15)17-14(18-13)9-19-2/h4-8H,3,9H2,1-2H3,(H3,15,16,17,18). The van der Waals surface area contributed by atoms with Crippen molar-refractivity contribution < 1.29 is 9.47 Å². The van der Waals surface area contributed by atoms with Crippen LogP contribution in [0.25, 0.3) is 0 Å². The van der Waals surface area contributed by atoms with Gasteiger partial charge in [-0.3, -0.25) is 0 Å². The number of para-hydroxylation sites is 2. The highest BCUT2D eigenvalue weighted by Gasteiger charge is 2.06. The van der Waals surface area contributed by atoms with E-state index in [4.69, 9.17) is 15.2 Å². The predicted octanol–water partition coefficient (Wildman–Crippen LogP) is 2.35. The van der Waals surface area contributed by atoms with E-state index in [1.807, 2.05) is 31.2 Å². The molecule has 0 fully saturated rings. The van der Waals surface area contributed by atoms with Gasteiger partial charge in [0.05, 0.1) is 12.3 Å². The Morgan fingerprint density at radius 3 is 2.80 bits per heavy atom. The van der Waals surface area contributed by atoms with Crippen LogP contribution in [0.3, 0.4) is 0 Å². The van der Waals surface area contributed by atoms with E-state index in [2.05, 4.69) is 15.3 Å². The molecule has 0 unspecified atom stereocenters. The average Bonchev–Trinajstić information content (AvgIpc) is 2.41. The van der Waals surface area contributed by atoms with Gasteiger partial charge in [-0.05, 0) is 19.1 Å². The van der Waals surface area contributed by atoms with Crippen LogP contribution in [0.15, 0.2) is 30.3 Å². The minimum absolute atomic E-state index is 0.312. The molecule has 1 heterocycles. The van der Waals surface area contributed by atoms with Gasteiger partial charge in [-0.2, -0.15) is 0 Å². The molecule has 0 aliphatic carbocycles. The number of nitrogens with zero attached hydrogens (tertiary/aromatic N) is 2. The quantitative estimate of drug-likeness (QED) is 0.841. The maximum Gasteiger partial charge on any atom is 0.158 e. The summed E-state index contributed by atoms with van der Waals surface area (Å²) in [5.41, 5.74) is 6.59. The Balaban J connectivity index is 2.25. The third kappa shape index (κ3) is 3.58. The Kier molecular flexibility index (Phi) is 4.73. The van der Waals surface area contributed by atoms with Gasteiger partial charge >= 0.3 is 0 Å². The highest BCUT2D eigenvalue weighted by Crippen LogP contribution is 2.27. The molecule has 106 valence electrons. The number of benzene rings is 1. The second kappa shape index (κ2) is 6.72. The molecule has 1 aromatic carbocycles. The Morgan fingerprint density at radius 1 is 1.25 bits per heavy atom. The molecule has 1 aromatic heterocycles. The van der Waals surface area contributed by atoms with Crippen LogP contribution in [0, 0.1) is 0 Å². The molecule has 0 bridgehead atoms. The Bertz CT molecular complexity index is 575. The molecular formula is C14H18N4O2. The number of hydrogen-bond acceptors (Lipinski definition) is 6. The summed E-state index contributed by atoms with van der Waals surface area (Å²) in [6.07, 6.45) is 0. The third-order valence-electron chi connectivity index (χ3n) is 2.52. The van der Waals surface area contributed by atoms with E-state index >= 15 is 0 Å². The fraction of sp³-hybridized carbons (Fsp3) is 0.286. The third-order valence-corrected chi connectivity index (χ3v) is 2.52. The van der Waals surface area contributed by atoms with Crippen molar-refractivity contribution in [3.05, 3.63) is 36.2 Å². The van der Waals surface area contributed by atoms with Gasteiger partial charge in [0, 0.05) is 13.2 Å². The smallest absolute Gasteiger partial charge is 0.158 e. The van der Waals surface area contributed by atoms with E-state index in [1.54, 1.807) is 13.2 Å². The zero-order valence-corrected chi connectivity index (χ0v) is 11.6. The van der Waals surface area contributed by atoms with Gasteiger partial charge in [0.15, 0.2) is 5.82 Å². The van der Waals surface area contributed by atoms with Crippen molar-refractivity contribution in [1.82, 2.24) is 9.97 Å². The summed E-state index contributed by atoms with van der Waals surface area (Å²) in [4.78, 5) is 8.43. The number of methoxy groups -OCH3 is 1. The van der Waals surface area contributed by atoms with Gasteiger partial charge in [0.25, 0.3) is 0 Å². The van der Waals surface area contributed by atoms with Gasteiger partial charge < -0.3 is 20.5 Å². The monoisotopic (exact) mass is 274 g/mol. The summed E-state index contributed by atoms with van der Waals surface area (Å²) in [7, 11) is 1.59. The summed E-state index contributed by atoms with van der Waals surface area (Å²) in [5.74, 6) is 2.30. The Labute approximate surface area is 118 Å². The van der Waals surface area contributed by atoms with Crippen molar-refractivity contribution in [2.24, 2.45) is 0 Å². The lowest BCUT2D eigenvalue weighted by molar-refractivity contribution is 0.178.